The molecular formula is C30H20F5N5O2. The molecule has 0 saturated heterocycles. The van der Waals surface area contributed by atoms with Crippen LogP contribution in [-0.4, -0.2) is 19.7 Å². The van der Waals surface area contributed by atoms with Crippen LogP contribution in [0, 0.1) is 18.6 Å². The number of aromatic nitrogens is 4. The molecule has 1 atom stereocenters. The smallest absolute Gasteiger partial charge is 0.416 e. The lowest BCUT2D eigenvalue weighted by Gasteiger charge is -2.17. The summed E-state index contributed by atoms with van der Waals surface area (Å²) in [5.74, 6) is -1.48. The molecule has 0 bridgehead atoms. The summed E-state index contributed by atoms with van der Waals surface area (Å²) in [6.45, 7) is 2.96. The van der Waals surface area contributed by atoms with Crippen LogP contribution in [0.1, 0.15) is 29.9 Å². The molecule has 0 aliphatic carbocycles. The van der Waals surface area contributed by atoms with E-state index in [0.717, 1.165) is 18.2 Å². The van der Waals surface area contributed by atoms with Gasteiger partial charge in [0.15, 0.2) is 5.65 Å². The topological polar surface area (TPSA) is 99.8 Å². The zero-order chi connectivity index (χ0) is 29.9. The fraction of sp³-hybridized carbons (Fsp3) is 0.133. The molecule has 0 saturated carbocycles. The van der Waals surface area contributed by atoms with Crippen molar-refractivity contribution < 1.29 is 26.4 Å². The number of nitrogen functional groups attached to an aromatic ring is 1. The minimum absolute atomic E-state index is 0.00304. The van der Waals surface area contributed by atoms with Gasteiger partial charge in [0.2, 0.25) is 5.43 Å². The molecule has 6 rings (SSSR count). The van der Waals surface area contributed by atoms with Crippen LogP contribution in [0.3, 0.4) is 0 Å². The third-order valence-electron chi connectivity index (χ3n) is 7.09. The molecule has 0 spiro atoms. The average molecular weight is 578 g/mol. The Labute approximate surface area is 234 Å². The van der Waals surface area contributed by atoms with Gasteiger partial charge < -0.3 is 10.2 Å². The Morgan fingerprint density at radius 1 is 0.952 bits per heavy atom. The molecule has 0 fully saturated rings. The zero-order valence-corrected chi connectivity index (χ0v) is 22.0. The molecule has 12 heteroatoms. The predicted molar refractivity (Wildman–Crippen MR) is 147 cm³/mol. The van der Waals surface area contributed by atoms with Crippen molar-refractivity contribution in [3.8, 4) is 22.4 Å². The normalized spacial score (nSPS) is 12.7. The first-order valence-corrected chi connectivity index (χ1v) is 12.6. The number of nitrogens with zero attached hydrogens (tertiary/aromatic N) is 4. The van der Waals surface area contributed by atoms with Crippen molar-refractivity contribution in [3.05, 3.63) is 106 Å². The SMILES string of the molecule is Cc1ccc(-c2nn(C(C)c3oc4cccc(F)c4c(=O)c3-c3cccc(F)c3)c3ncnc(N)c23)cc1C(F)(F)F. The largest absolute Gasteiger partial charge is 0.458 e. The highest BCUT2D eigenvalue weighted by molar-refractivity contribution is 5.98. The van der Waals surface area contributed by atoms with Crippen molar-refractivity contribution in [2.75, 3.05) is 5.73 Å². The van der Waals surface area contributed by atoms with Crippen LogP contribution in [0.5, 0.6) is 0 Å². The van der Waals surface area contributed by atoms with Crippen LogP contribution in [0.15, 0.2) is 76.2 Å². The first-order valence-electron chi connectivity index (χ1n) is 12.6. The second kappa shape index (κ2) is 9.75. The predicted octanol–water partition coefficient (Wildman–Crippen LogP) is 7.06. The van der Waals surface area contributed by atoms with Gasteiger partial charge >= 0.3 is 6.18 Å². The van der Waals surface area contributed by atoms with E-state index < -0.39 is 34.8 Å². The van der Waals surface area contributed by atoms with Gasteiger partial charge in [-0.1, -0.05) is 30.3 Å². The van der Waals surface area contributed by atoms with Crippen LogP contribution in [0.25, 0.3) is 44.4 Å². The quantitative estimate of drug-likeness (QED) is 0.225. The summed E-state index contributed by atoms with van der Waals surface area (Å²) in [6.07, 6.45) is -3.44. The summed E-state index contributed by atoms with van der Waals surface area (Å²) in [6, 6.07) is 11.9. The maximum Gasteiger partial charge on any atom is 0.416 e. The van der Waals surface area contributed by atoms with E-state index in [-0.39, 0.29) is 61.5 Å². The maximum absolute atomic E-state index is 14.8. The molecule has 212 valence electrons. The number of nitrogens with two attached hydrogens (primary N) is 1. The monoisotopic (exact) mass is 577 g/mol. The van der Waals surface area contributed by atoms with Crippen LogP contribution >= 0.6 is 0 Å². The zero-order valence-electron chi connectivity index (χ0n) is 22.0. The molecule has 2 N–H and O–H groups in total. The lowest BCUT2D eigenvalue weighted by atomic mass is 9.99. The van der Waals surface area contributed by atoms with Gasteiger partial charge in [0, 0.05) is 5.56 Å². The highest BCUT2D eigenvalue weighted by Crippen LogP contribution is 2.39. The Balaban J connectivity index is 1.64. The molecule has 7 nitrogen and oxygen atoms in total. The number of fused-ring (bicyclic) bond motifs is 2. The molecule has 42 heavy (non-hydrogen) atoms. The Bertz CT molecular complexity index is 2080. The van der Waals surface area contributed by atoms with E-state index in [1.54, 1.807) is 6.92 Å². The van der Waals surface area contributed by atoms with Gasteiger partial charge in [-0.05, 0) is 55.3 Å². The maximum atomic E-state index is 14.8. The van der Waals surface area contributed by atoms with E-state index in [0.29, 0.717) is 0 Å². The number of benzene rings is 3. The molecule has 3 aromatic carbocycles. The number of rotatable bonds is 4. The lowest BCUT2D eigenvalue weighted by Crippen LogP contribution is -2.17. The van der Waals surface area contributed by atoms with Gasteiger partial charge in [-0.3, -0.25) is 4.79 Å². The van der Waals surface area contributed by atoms with E-state index >= 15 is 0 Å². The number of anilines is 1. The molecule has 0 aliphatic heterocycles. The molecular weight excluding hydrogens is 557 g/mol. The lowest BCUT2D eigenvalue weighted by molar-refractivity contribution is -0.138. The summed E-state index contributed by atoms with van der Waals surface area (Å²) in [5, 5.41) is 4.45. The molecule has 0 radical (unpaired) electrons. The standard InChI is InChI=1S/C30H20F5N5O2/c1-14-9-10-17(12-19(14)30(33,34)35)25-24-28(36)37-13-38-29(24)40(39-25)15(2)27-22(16-5-3-6-18(31)11-16)26(41)23-20(32)7-4-8-21(23)42-27/h3-13,15H,1-2H3,(H2,36,37,38). The van der Waals surface area contributed by atoms with E-state index in [1.807, 2.05) is 0 Å². The van der Waals surface area contributed by atoms with E-state index in [1.165, 1.54) is 60.4 Å². The number of halogens is 5. The van der Waals surface area contributed by atoms with E-state index in [4.69, 9.17) is 10.2 Å². The van der Waals surface area contributed by atoms with Gasteiger partial charge in [-0.15, -0.1) is 0 Å². The van der Waals surface area contributed by atoms with Crippen LogP contribution < -0.4 is 11.2 Å². The Morgan fingerprint density at radius 2 is 1.71 bits per heavy atom. The summed E-state index contributed by atoms with van der Waals surface area (Å²) < 4.78 is 77.8. The van der Waals surface area contributed by atoms with Crippen LogP contribution in [0.4, 0.5) is 27.8 Å². The summed E-state index contributed by atoms with van der Waals surface area (Å²) >= 11 is 0. The number of alkyl halides is 3. The third-order valence-corrected chi connectivity index (χ3v) is 7.09. The first kappa shape index (κ1) is 27.1. The molecule has 3 aromatic heterocycles. The Hall–Kier alpha value is -5.13. The third kappa shape index (κ3) is 4.35. The molecule has 3 heterocycles. The molecule has 6 aromatic rings. The highest BCUT2D eigenvalue weighted by atomic mass is 19.4. The summed E-state index contributed by atoms with van der Waals surface area (Å²) in [5.41, 5.74) is 4.91. The van der Waals surface area contributed by atoms with Crippen LogP contribution in [-0.2, 0) is 6.18 Å². The number of hydrogen-bond acceptors (Lipinski definition) is 6. The second-order valence-corrected chi connectivity index (χ2v) is 9.75. The molecule has 0 aliphatic rings. The van der Waals surface area contributed by atoms with Gasteiger partial charge in [-0.2, -0.15) is 18.3 Å². The van der Waals surface area contributed by atoms with Gasteiger partial charge in [-0.25, -0.2) is 23.4 Å². The van der Waals surface area contributed by atoms with Crippen LogP contribution in [0.2, 0.25) is 0 Å². The van der Waals surface area contributed by atoms with E-state index in [2.05, 4.69) is 15.1 Å². The van der Waals surface area contributed by atoms with Crippen molar-refractivity contribution >= 4 is 27.8 Å². The minimum Gasteiger partial charge on any atom is -0.458 e. The van der Waals surface area contributed by atoms with Crippen molar-refractivity contribution in [2.24, 2.45) is 0 Å². The highest BCUT2D eigenvalue weighted by Gasteiger charge is 2.33. The number of aryl methyl sites for hydroxylation is 1. The molecule has 0 amide bonds. The summed E-state index contributed by atoms with van der Waals surface area (Å²) in [7, 11) is 0. The van der Waals surface area contributed by atoms with Crippen molar-refractivity contribution in [2.45, 2.75) is 26.1 Å². The van der Waals surface area contributed by atoms with Gasteiger partial charge in [0.1, 0.15) is 52.2 Å². The first-order chi connectivity index (χ1) is 20.0. The molecule has 1 unspecified atom stereocenters. The minimum atomic E-state index is -4.61. The van der Waals surface area contributed by atoms with Gasteiger partial charge in [0.05, 0.1) is 16.5 Å². The van der Waals surface area contributed by atoms with Crippen molar-refractivity contribution in [1.29, 1.82) is 0 Å². The van der Waals surface area contributed by atoms with Crippen molar-refractivity contribution in [3.63, 3.8) is 0 Å². The Morgan fingerprint density at radius 3 is 2.45 bits per heavy atom. The fourth-order valence-electron chi connectivity index (χ4n) is 5.08. The second-order valence-electron chi connectivity index (χ2n) is 9.75. The average Bonchev–Trinajstić information content (AvgIpc) is 3.33. The van der Waals surface area contributed by atoms with E-state index in [9.17, 15) is 26.7 Å². The fourth-order valence-corrected chi connectivity index (χ4v) is 5.08. The summed E-state index contributed by atoms with van der Waals surface area (Å²) in [4.78, 5) is 22.0. The number of hydrogen-bond donors (Lipinski definition) is 1. The van der Waals surface area contributed by atoms with Crippen molar-refractivity contribution in [1.82, 2.24) is 19.7 Å². The Kier molecular flexibility index (Phi) is 6.28. The van der Waals surface area contributed by atoms with Gasteiger partial charge in [0.25, 0.3) is 0 Å².